The first kappa shape index (κ1) is 12.1. The third-order valence-corrected chi connectivity index (χ3v) is 3.32. The van der Waals surface area contributed by atoms with E-state index in [9.17, 15) is 5.11 Å². The smallest absolute Gasteiger partial charge is 0.141 e. The van der Waals surface area contributed by atoms with E-state index in [1.54, 1.807) is 6.20 Å². The molecular weight excluding hydrogens is 216 g/mol. The standard InChI is InChI=1S/C12H20N4O/c1-12(17)4-2-7-16(8-5-12)10-3-6-14-11(9-10)15-13/h3,6,9,17H,2,4-5,7-8,13H2,1H3,(H,14,15). The van der Waals surface area contributed by atoms with Crippen LogP contribution < -0.4 is 16.2 Å². The molecule has 94 valence electrons. The molecule has 1 aliphatic rings. The maximum absolute atomic E-state index is 10.0. The van der Waals surface area contributed by atoms with Crippen LogP contribution in [0.4, 0.5) is 11.5 Å². The van der Waals surface area contributed by atoms with E-state index in [0.29, 0.717) is 5.82 Å². The van der Waals surface area contributed by atoms with E-state index in [-0.39, 0.29) is 0 Å². The number of aliphatic hydroxyl groups is 1. The first-order valence-electron chi connectivity index (χ1n) is 6.01. The summed E-state index contributed by atoms with van der Waals surface area (Å²) in [5.74, 6) is 6.02. The SMILES string of the molecule is CC1(O)CCCN(c2ccnc(NN)c2)CC1. The lowest BCUT2D eigenvalue weighted by Gasteiger charge is -2.24. The van der Waals surface area contributed by atoms with Crippen LogP contribution >= 0.6 is 0 Å². The van der Waals surface area contributed by atoms with Gasteiger partial charge in [-0.1, -0.05) is 0 Å². The van der Waals surface area contributed by atoms with E-state index < -0.39 is 5.60 Å². The van der Waals surface area contributed by atoms with Gasteiger partial charge in [0.1, 0.15) is 5.82 Å². The highest BCUT2D eigenvalue weighted by molar-refractivity contribution is 5.53. The van der Waals surface area contributed by atoms with E-state index in [1.807, 2.05) is 19.1 Å². The van der Waals surface area contributed by atoms with Gasteiger partial charge in [0, 0.05) is 31.0 Å². The molecule has 0 aromatic carbocycles. The molecule has 1 fully saturated rings. The van der Waals surface area contributed by atoms with Gasteiger partial charge in [0.15, 0.2) is 0 Å². The summed E-state index contributed by atoms with van der Waals surface area (Å²) >= 11 is 0. The number of anilines is 2. The van der Waals surface area contributed by atoms with Gasteiger partial charge in [-0.15, -0.1) is 0 Å². The summed E-state index contributed by atoms with van der Waals surface area (Å²) in [4.78, 5) is 6.36. The number of hydrogen-bond donors (Lipinski definition) is 3. The largest absolute Gasteiger partial charge is 0.390 e. The molecule has 0 spiro atoms. The normalized spacial score (nSPS) is 25.5. The zero-order valence-corrected chi connectivity index (χ0v) is 10.2. The fourth-order valence-electron chi connectivity index (χ4n) is 2.22. The van der Waals surface area contributed by atoms with E-state index in [2.05, 4.69) is 15.3 Å². The van der Waals surface area contributed by atoms with Crippen LogP contribution in [0.1, 0.15) is 26.2 Å². The summed E-state index contributed by atoms with van der Waals surface area (Å²) in [7, 11) is 0. The molecule has 1 unspecified atom stereocenters. The number of hydrazine groups is 1. The van der Waals surface area contributed by atoms with Crippen molar-refractivity contribution in [3.05, 3.63) is 18.3 Å². The molecule has 2 rings (SSSR count). The van der Waals surface area contributed by atoms with Crippen LogP contribution in [-0.2, 0) is 0 Å². The molecule has 5 nitrogen and oxygen atoms in total. The maximum atomic E-state index is 10.0. The molecule has 1 aliphatic heterocycles. The van der Waals surface area contributed by atoms with Gasteiger partial charge < -0.3 is 15.4 Å². The molecule has 0 saturated carbocycles. The van der Waals surface area contributed by atoms with Crippen molar-refractivity contribution < 1.29 is 5.11 Å². The fourth-order valence-corrected chi connectivity index (χ4v) is 2.22. The Bertz CT molecular complexity index is 381. The summed E-state index contributed by atoms with van der Waals surface area (Å²) in [5.41, 5.74) is 3.12. The maximum Gasteiger partial charge on any atom is 0.141 e. The first-order valence-corrected chi connectivity index (χ1v) is 6.01. The Labute approximate surface area is 102 Å². The zero-order valence-electron chi connectivity index (χ0n) is 10.2. The number of rotatable bonds is 2. The molecule has 17 heavy (non-hydrogen) atoms. The third-order valence-electron chi connectivity index (χ3n) is 3.32. The van der Waals surface area contributed by atoms with E-state index in [0.717, 1.165) is 38.0 Å². The minimum atomic E-state index is -0.531. The summed E-state index contributed by atoms with van der Waals surface area (Å²) in [5, 5.41) is 10.0. The molecule has 0 aliphatic carbocycles. The molecule has 0 radical (unpaired) electrons. The summed E-state index contributed by atoms with van der Waals surface area (Å²) in [6, 6.07) is 3.90. The Hall–Kier alpha value is -1.33. The van der Waals surface area contributed by atoms with Crippen molar-refractivity contribution in [2.45, 2.75) is 31.8 Å². The van der Waals surface area contributed by atoms with Gasteiger partial charge in [-0.2, -0.15) is 0 Å². The van der Waals surface area contributed by atoms with Gasteiger partial charge in [-0.05, 0) is 32.3 Å². The predicted molar refractivity (Wildman–Crippen MR) is 68.7 cm³/mol. The molecule has 1 atom stereocenters. The van der Waals surface area contributed by atoms with E-state index in [4.69, 9.17) is 5.84 Å². The van der Waals surface area contributed by atoms with Crippen LogP contribution in [0.15, 0.2) is 18.3 Å². The zero-order chi connectivity index (χ0) is 12.3. The van der Waals surface area contributed by atoms with Crippen LogP contribution in [0.3, 0.4) is 0 Å². The minimum absolute atomic E-state index is 0.531. The van der Waals surface area contributed by atoms with Crippen molar-refractivity contribution in [1.82, 2.24) is 4.98 Å². The number of pyridine rings is 1. The number of hydrogen-bond acceptors (Lipinski definition) is 5. The first-order chi connectivity index (χ1) is 8.11. The quantitative estimate of drug-likeness (QED) is 0.530. The van der Waals surface area contributed by atoms with Gasteiger partial charge in [-0.3, -0.25) is 0 Å². The number of aromatic nitrogens is 1. The van der Waals surface area contributed by atoms with Gasteiger partial charge in [0.05, 0.1) is 5.60 Å². The highest BCUT2D eigenvalue weighted by Gasteiger charge is 2.25. The molecule has 5 heteroatoms. The molecule has 1 aromatic rings. The van der Waals surface area contributed by atoms with Crippen molar-refractivity contribution in [2.75, 3.05) is 23.4 Å². The van der Waals surface area contributed by atoms with Crippen LogP contribution in [0, 0.1) is 0 Å². The Morgan fingerprint density at radius 1 is 1.47 bits per heavy atom. The van der Waals surface area contributed by atoms with Gasteiger partial charge >= 0.3 is 0 Å². The number of nitrogens with two attached hydrogens (primary N) is 1. The van der Waals surface area contributed by atoms with E-state index >= 15 is 0 Å². The second-order valence-corrected chi connectivity index (χ2v) is 4.88. The number of nitrogens with one attached hydrogen (secondary N) is 1. The van der Waals surface area contributed by atoms with Crippen molar-refractivity contribution in [2.24, 2.45) is 5.84 Å². The highest BCUT2D eigenvalue weighted by atomic mass is 16.3. The minimum Gasteiger partial charge on any atom is -0.390 e. The van der Waals surface area contributed by atoms with Crippen molar-refractivity contribution >= 4 is 11.5 Å². The second-order valence-electron chi connectivity index (χ2n) is 4.88. The van der Waals surface area contributed by atoms with E-state index in [1.165, 1.54) is 0 Å². The summed E-state index contributed by atoms with van der Waals surface area (Å²) in [6.45, 7) is 3.74. The summed E-state index contributed by atoms with van der Waals surface area (Å²) < 4.78 is 0. The third kappa shape index (κ3) is 3.08. The van der Waals surface area contributed by atoms with Crippen molar-refractivity contribution in [3.8, 4) is 0 Å². The molecule has 0 bridgehead atoms. The van der Waals surface area contributed by atoms with Crippen molar-refractivity contribution in [1.29, 1.82) is 0 Å². The average molecular weight is 236 g/mol. The summed E-state index contributed by atoms with van der Waals surface area (Å²) in [6.07, 6.45) is 4.39. The Morgan fingerprint density at radius 3 is 3.06 bits per heavy atom. The molecule has 4 N–H and O–H groups in total. The lowest BCUT2D eigenvalue weighted by molar-refractivity contribution is 0.0481. The van der Waals surface area contributed by atoms with Crippen LogP contribution in [0.25, 0.3) is 0 Å². The monoisotopic (exact) mass is 236 g/mol. The predicted octanol–water partition coefficient (Wildman–Crippen LogP) is 1.11. The second kappa shape index (κ2) is 4.89. The molecule has 1 aromatic heterocycles. The van der Waals surface area contributed by atoms with Gasteiger partial charge in [0.25, 0.3) is 0 Å². The Balaban J connectivity index is 2.11. The highest BCUT2D eigenvalue weighted by Crippen LogP contribution is 2.25. The van der Waals surface area contributed by atoms with Crippen molar-refractivity contribution in [3.63, 3.8) is 0 Å². The lowest BCUT2D eigenvalue weighted by atomic mass is 9.98. The van der Waals surface area contributed by atoms with Gasteiger partial charge in [-0.25, -0.2) is 10.8 Å². The molecule has 0 amide bonds. The Kier molecular flexibility index (Phi) is 3.49. The van der Waals surface area contributed by atoms with Crippen LogP contribution in [0.5, 0.6) is 0 Å². The number of nitrogen functional groups attached to an aromatic ring is 1. The molecule has 2 heterocycles. The Morgan fingerprint density at radius 2 is 2.29 bits per heavy atom. The molecular formula is C12H20N4O. The van der Waals surface area contributed by atoms with Crippen LogP contribution in [-0.4, -0.2) is 28.8 Å². The topological polar surface area (TPSA) is 74.4 Å². The number of nitrogens with zero attached hydrogens (tertiary/aromatic N) is 2. The average Bonchev–Trinajstić information content (AvgIpc) is 2.50. The van der Waals surface area contributed by atoms with Gasteiger partial charge in [0.2, 0.25) is 0 Å². The fraction of sp³-hybridized carbons (Fsp3) is 0.583. The lowest BCUT2D eigenvalue weighted by Crippen LogP contribution is -2.28. The van der Waals surface area contributed by atoms with Crippen LogP contribution in [0.2, 0.25) is 0 Å². The molecule has 1 saturated heterocycles.